The lowest BCUT2D eigenvalue weighted by Gasteiger charge is -2.10. The Morgan fingerprint density at radius 2 is 1.61 bits per heavy atom. The van der Waals surface area contributed by atoms with Crippen molar-refractivity contribution >= 4 is 32.7 Å². The van der Waals surface area contributed by atoms with E-state index in [1.165, 1.54) is 28.5 Å². The molecule has 0 aliphatic rings. The van der Waals surface area contributed by atoms with Crippen LogP contribution in [0.25, 0.3) is 10.9 Å². The standard InChI is InChI=1S/C23H20N2O5S/c1-3-30-23(27)19-14-24-13-18(19)22(26)21-15(2)25(20-12-8-7-11-17(20)21)31(28,29)16-9-5-4-6-10-16/h4-14,24H,3H2,1-2H3. The van der Waals surface area contributed by atoms with Crippen LogP contribution in [0.2, 0.25) is 0 Å². The maximum atomic E-state index is 13.5. The average molecular weight is 436 g/mol. The van der Waals surface area contributed by atoms with Crippen molar-refractivity contribution in [2.45, 2.75) is 18.7 Å². The Morgan fingerprint density at radius 3 is 2.32 bits per heavy atom. The number of ether oxygens (including phenoxy) is 1. The molecule has 2 aromatic heterocycles. The Hall–Kier alpha value is -3.65. The summed E-state index contributed by atoms with van der Waals surface area (Å²) in [5.74, 6) is -1.08. The highest BCUT2D eigenvalue weighted by Crippen LogP contribution is 2.32. The van der Waals surface area contributed by atoms with E-state index >= 15 is 0 Å². The summed E-state index contributed by atoms with van der Waals surface area (Å²) >= 11 is 0. The van der Waals surface area contributed by atoms with Gasteiger partial charge < -0.3 is 9.72 Å². The number of hydrogen-bond donors (Lipinski definition) is 1. The van der Waals surface area contributed by atoms with E-state index in [4.69, 9.17) is 4.74 Å². The summed E-state index contributed by atoms with van der Waals surface area (Å²) in [4.78, 5) is 28.7. The van der Waals surface area contributed by atoms with Crippen LogP contribution in [0, 0.1) is 6.92 Å². The number of ketones is 1. The molecule has 1 N–H and O–H groups in total. The smallest absolute Gasteiger partial charge is 0.340 e. The van der Waals surface area contributed by atoms with Crippen LogP contribution in [-0.4, -0.2) is 35.7 Å². The first-order valence-corrected chi connectivity index (χ1v) is 11.1. The molecule has 4 rings (SSSR count). The van der Waals surface area contributed by atoms with E-state index in [0.29, 0.717) is 10.9 Å². The van der Waals surface area contributed by atoms with E-state index in [2.05, 4.69) is 4.98 Å². The lowest BCUT2D eigenvalue weighted by Crippen LogP contribution is -2.16. The zero-order valence-corrected chi connectivity index (χ0v) is 17.8. The van der Waals surface area contributed by atoms with Gasteiger partial charge in [-0.05, 0) is 32.0 Å². The van der Waals surface area contributed by atoms with Crippen molar-refractivity contribution in [3.63, 3.8) is 0 Å². The zero-order valence-electron chi connectivity index (χ0n) is 17.0. The van der Waals surface area contributed by atoms with Crippen LogP contribution in [0.15, 0.2) is 71.9 Å². The fourth-order valence-electron chi connectivity index (χ4n) is 3.70. The SMILES string of the molecule is CCOC(=O)c1c[nH]cc1C(=O)c1c(C)n(S(=O)(=O)c2ccccc2)c2ccccc12. The van der Waals surface area contributed by atoms with Crippen LogP contribution in [-0.2, 0) is 14.8 Å². The lowest BCUT2D eigenvalue weighted by atomic mass is 10.00. The van der Waals surface area contributed by atoms with E-state index in [1.54, 1.807) is 56.3 Å². The van der Waals surface area contributed by atoms with Gasteiger partial charge in [-0.25, -0.2) is 17.2 Å². The summed E-state index contributed by atoms with van der Waals surface area (Å²) in [6.45, 7) is 3.44. The van der Waals surface area contributed by atoms with Crippen molar-refractivity contribution in [3.8, 4) is 0 Å². The Balaban J connectivity index is 1.95. The molecule has 0 spiro atoms. The fraction of sp³-hybridized carbons (Fsp3) is 0.130. The van der Waals surface area contributed by atoms with Crippen molar-refractivity contribution in [3.05, 3.63) is 89.4 Å². The minimum absolute atomic E-state index is 0.106. The van der Waals surface area contributed by atoms with Crippen LogP contribution >= 0.6 is 0 Å². The number of aromatic nitrogens is 2. The third kappa shape index (κ3) is 3.34. The number of benzene rings is 2. The number of carbonyl (C=O) groups excluding carboxylic acids is 2. The highest BCUT2D eigenvalue weighted by atomic mass is 32.2. The second-order valence-corrected chi connectivity index (χ2v) is 8.68. The second-order valence-electron chi connectivity index (χ2n) is 6.89. The van der Waals surface area contributed by atoms with Crippen molar-refractivity contribution in [2.75, 3.05) is 6.61 Å². The Labute approximate surface area is 179 Å². The Kier molecular flexibility index (Phi) is 5.24. The van der Waals surface area contributed by atoms with Gasteiger partial charge in [0.15, 0.2) is 5.78 Å². The summed E-state index contributed by atoms with van der Waals surface area (Å²) in [5, 5.41) is 0.487. The van der Waals surface area contributed by atoms with Crippen LogP contribution < -0.4 is 0 Å². The first-order valence-electron chi connectivity index (χ1n) is 9.67. The van der Waals surface area contributed by atoms with E-state index in [9.17, 15) is 18.0 Å². The molecule has 2 heterocycles. The molecule has 0 radical (unpaired) electrons. The Morgan fingerprint density at radius 1 is 0.968 bits per heavy atom. The summed E-state index contributed by atoms with van der Waals surface area (Å²) in [6, 6.07) is 14.8. The molecule has 2 aromatic carbocycles. The first-order chi connectivity index (χ1) is 14.9. The van der Waals surface area contributed by atoms with Crippen molar-refractivity contribution in [2.24, 2.45) is 0 Å². The molecule has 0 atom stereocenters. The third-order valence-electron chi connectivity index (χ3n) is 5.05. The number of nitrogens with zero attached hydrogens (tertiary/aromatic N) is 1. The minimum atomic E-state index is -3.95. The van der Waals surface area contributed by atoms with Gasteiger partial charge in [0.25, 0.3) is 10.0 Å². The highest BCUT2D eigenvalue weighted by Gasteiger charge is 2.30. The fourth-order valence-corrected chi connectivity index (χ4v) is 5.28. The van der Waals surface area contributed by atoms with Gasteiger partial charge >= 0.3 is 5.97 Å². The second kappa shape index (κ2) is 7.88. The first kappa shape index (κ1) is 20.6. The molecule has 7 nitrogen and oxygen atoms in total. The number of fused-ring (bicyclic) bond motifs is 1. The zero-order chi connectivity index (χ0) is 22.2. The number of hydrogen-bond acceptors (Lipinski definition) is 5. The van der Waals surface area contributed by atoms with E-state index in [1.807, 2.05) is 0 Å². The number of rotatable bonds is 6. The largest absolute Gasteiger partial charge is 0.462 e. The van der Waals surface area contributed by atoms with Gasteiger partial charge in [-0.1, -0.05) is 36.4 Å². The van der Waals surface area contributed by atoms with Crippen LogP contribution in [0.3, 0.4) is 0 Å². The number of nitrogens with one attached hydrogen (secondary N) is 1. The topological polar surface area (TPSA) is 98.2 Å². The van der Waals surface area contributed by atoms with E-state index in [-0.39, 0.29) is 33.9 Å². The number of para-hydroxylation sites is 1. The van der Waals surface area contributed by atoms with Crippen LogP contribution in [0.4, 0.5) is 0 Å². The highest BCUT2D eigenvalue weighted by molar-refractivity contribution is 7.90. The molecule has 8 heteroatoms. The quantitative estimate of drug-likeness (QED) is 0.365. The lowest BCUT2D eigenvalue weighted by molar-refractivity contribution is 0.0524. The summed E-state index contributed by atoms with van der Waals surface area (Å²) < 4.78 is 33.1. The minimum Gasteiger partial charge on any atom is -0.462 e. The molecular formula is C23H20N2O5S. The van der Waals surface area contributed by atoms with Crippen molar-refractivity contribution in [1.82, 2.24) is 8.96 Å². The molecule has 31 heavy (non-hydrogen) atoms. The summed E-state index contributed by atoms with van der Waals surface area (Å²) in [6.07, 6.45) is 2.83. The van der Waals surface area contributed by atoms with Crippen molar-refractivity contribution in [1.29, 1.82) is 0 Å². The molecule has 0 amide bonds. The van der Waals surface area contributed by atoms with Gasteiger partial charge in [0, 0.05) is 23.5 Å². The van der Waals surface area contributed by atoms with Gasteiger partial charge in [-0.2, -0.15) is 0 Å². The molecule has 4 aromatic rings. The van der Waals surface area contributed by atoms with Crippen LogP contribution in [0.5, 0.6) is 0 Å². The third-order valence-corrected chi connectivity index (χ3v) is 6.87. The monoisotopic (exact) mass is 436 g/mol. The van der Waals surface area contributed by atoms with Gasteiger partial charge in [0.05, 0.1) is 33.7 Å². The van der Waals surface area contributed by atoms with Crippen molar-refractivity contribution < 1.29 is 22.7 Å². The van der Waals surface area contributed by atoms with E-state index in [0.717, 1.165) is 0 Å². The normalized spacial score (nSPS) is 11.5. The Bertz CT molecular complexity index is 1400. The number of carbonyl (C=O) groups is 2. The number of H-pyrrole nitrogens is 1. The molecule has 0 aliphatic heterocycles. The predicted molar refractivity (Wildman–Crippen MR) is 116 cm³/mol. The average Bonchev–Trinajstić information content (AvgIpc) is 3.36. The maximum absolute atomic E-state index is 13.5. The molecule has 0 unspecified atom stereocenters. The molecule has 0 saturated carbocycles. The number of aromatic amines is 1. The molecule has 0 bridgehead atoms. The maximum Gasteiger partial charge on any atom is 0.340 e. The van der Waals surface area contributed by atoms with Gasteiger partial charge in [-0.15, -0.1) is 0 Å². The van der Waals surface area contributed by atoms with Gasteiger partial charge in [0.2, 0.25) is 0 Å². The predicted octanol–water partition coefficient (Wildman–Crippen LogP) is 3.92. The number of esters is 1. The summed E-state index contributed by atoms with van der Waals surface area (Å²) in [5.41, 5.74) is 1.11. The van der Waals surface area contributed by atoms with Gasteiger partial charge in [-0.3, -0.25) is 4.79 Å². The summed E-state index contributed by atoms with van der Waals surface area (Å²) in [7, 11) is -3.95. The molecule has 158 valence electrons. The molecule has 0 saturated heterocycles. The molecule has 0 fully saturated rings. The van der Waals surface area contributed by atoms with E-state index < -0.39 is 21.8 Å². The molecular weight excluding hydrogens is 416 g/mol. The van der Waals surface area contributed by atoms with Crippen LogP contribution in [0.1, 0.15) is 38.9 Å². The molecule has 0 aliphatic carbocycles. The van der Waals surface area contributed by atoms with Gasteiger partial charge in [0.1, 0.15) is 0 Å².